The van der Waals surface area contributed by atoms with Crippen molar-refractivity contribution in [2.75, 3.05) is 0 Å². The summed E-state index contributed by atoms with van der Waals surface area (Å²) in [6.07, 6.45) is 0. The Bertz CT molecular complexity index is 620. The molecule has 0 amide bonds. The molecule has 0 N–H and O–H groups in total. The molecule has 0 fully saturated rings. The molecule has 4 atom stereocenters. The van der Waals surface area contributed by atoms with Crippen LogP contribution < -0.4 is 0 Å². The van der Waals surface area contributed by atoms with Crippen LogP contribution in [0.25, 0.3) is 0 Å². The molecule has 90 valence electrons. The minimum absolute atomic E-state index is 0.0106. The maximum absolute atomic E-state index is 6.68. The van der Waals surface area contributed by atoms with Gasteiger partial charge in [0.05, 0.1) is 10.8 Å². The highest BCUT2D eigenvalue weighted by Crippen LogP contribution is 2.59. The topological polar surface area (TPSA) is 0 Å². The first-order valence-electron chi connectivity index (χ1n) is 6.25. The van der Waals surface area contributed by atoms with Crippen LogP contribution in [0.2, 0.25) is 0 Å². The number of hydrogen-bond donors (Lipinski definition) is 0. The number of rotatable bonds is 0. The lowest BCUT2D eigenvalue weighted by Gasteiger charge is -2.32. The van der Waals surface area contributed by atoms with E-state index in [1.807, 2.05) is 0 Å². The molecular weight excluding hydrogens is 263 g/mol. The zero-order valence-electron chi connectivity index (χ0n) is 9.68. The minimum atomic E-state index is -0.0106. The van der Waals surface area contributed by atoms with Crippen LogP contribution in [0.4, 0.5) is 0 Å². The fraction of sp³-hybridized carbons (Fsp3) is 0.250. The molecule has 2 heteroatoms. The lowest BCUT2D eigenvalue weighted by atomic mass is 9.80. The molecule has 0 spiro atoms. The molecule has 0 nitrogen and oxygen atoms in total. The molecule has 0 saturated heterocycles. The monoisotopic (exact) mass is 274 g/mol. The zero-order valence-corrected chi connectivity index (χ0v) is 11.2. The molecule has 2 aliphatic carbocycles. The molecule has 2 aromatic rings. The van der Waals surface area contributed by atoms with Crippen LogP contribution in [0.3, 0.4) is 0 Å². The van der Waals surface area contributed by atoms with Gasteiger partial charge < -0.3 is 0 Å². The largest absolute Gasteiger partial charge is 0.121 e. The molecule has 4 rings (SSSR count). The van der Waals surface area contributed by atoms with E-state index in [1.54, 1.807) is 0 Å². The van der Waals surface area contributed by atoms with Gasteiger partial charge in [-0.25, -0.2) is 0 Å². The summed E-state index contributed by atoms with van der Waals surface area (Å²) in [6.45, 7) is 0. The van der Waals surface area contributed by atoms with E-state index in [0.717, 1.165) is 0 Å². The molecule has 0 aromatic heterocycles. The minimum Gasteiger partial charge on any atom is -0.121 e. The molecule has 0 heterocycles. The van der Waals surface area contributed by atoms with Gasteiger partial charge in [0.25, 0.3) is 0 Å². The van der Waals surface area contributed by atoms with Gasteiger partial charge in [-0.05, 0) is 22.3 Å². The lowest BCUT2D eigenvalue weighted by molar-refractivity contribution is 0.586. The molecule has 2 bridgehead atoms. The molecule has 0 radical (unpaired) electrons. The van der Waals surface area contributed by atoms with E-state index in [9.17, 15) is 0 Å². The number of alkyl halides is 2. The number of halogens is 2. The predicted molar refractivity (Wildman–Crippen MR) is 75.7 cm³/mol. The van der Waals surface area contributed by atoms with Crippen LogP contribution in [-0.4, -0.2) is 5.38 Å². The predicted octanol–water partition coefficient (Wildman–Crippen LogP) is 4.82. The van der Waals surface area contributed by atoms with Crippen molar-refractivity contribution in [2.24, 2.45) is 0 Å². The van der Waals surface area contributed by atoms with Crippen LogP contribution >= 0.6 is 23.2 Å². The van der Waals surface area contributed by atoms with E-state index in [4.69, 9.17) is 23.2 Å². The fourth-order valence-electron chi connectivity index (χ4n) is 3.54. The molecule has 18 heavy (non-hydrogen) atoms. The van der Waals surface area contributed by atoms with E-state index < -0.39 is 0 Å². The van der Waals surface area contributed by atoms with E-state index >= 15 is 0 Å². The van der Waals surface area contributed by atoms with Gasteiger partial charge in [-0.1, -0.05) is 48.5 Å². The summed E-state index contributed by atoms with van der Waals surface area (Å²) < 4.78 is 0. The summed E-state index contributed by atoms with van der Waals surface area (Å²) in [5.41, 5.74) is 5.25. The molecule has 0 saturated carbocycles. The Kier molecular flexibility index (Phi) is 2.27. The normalized spacial score (nSPS) is 31.9. The first kappa shape index (κ1) is 10.9. The molecule has 2 aromatic carbocycles. The van der Waals surface area contributed by atoms with Gasteiger partial charge in [0.15, 0.2) is 0 Å². The van der Waals surface area contributed by atoms with Gasteiger partial charge in [-0.15, -0.1) is 23.2 Å². The SMILES string of the molecule is Cl[C@@H]1[C@@H]2c3ccccc3[C@@H]1[C@H](Cl)c1ccccc12. The highest BCUT2D eigenvalue weighted by atomic mass is 35.5. The van der Waals surface area contributed by atoms with Crippen molar-refractivity contribution >= 4 is 23.2 Å². The Morgan fingerprint density at radius 2 is 1.17 bits per heavy atom. The maximum Gasteiger partial charge on any atom is 0.0671 e. The summed E-state index contributed by atoms with van der Waals surface area (Å²) in [4.78, 5) is 0. The average Bonchev–Trinajstić information content (AvgIpc) is 2.63. The molecule has 2 aliphatic rings. The second-order valence-corrected chi connectivity index (χ2v) is 6.08. The second kappa shape index (κ2) is 3.76. The van der Waals surface area contributed by atoms with Gasteiger partial charge in [-0.3, -0.25) is 0 Å². The van der Waals surface area contributed by atoms with E-state index in [2.05, 4.69) is 48.5 Å². The summed E-state index contributed by atoms with van der Waals surface area (Å²) in [6, 6.07) is 17.0. The second-order valence-electron chi connectivity index (χ2n) is 5.11. The quantitative estimate of drug-likeness (QED) is 0.605. The van der Waals surface area contributed by atoms with E-state index in [1.165, 1.54) is 22.3 Å². The molecule has 0 unspecified atom stereocenters. The number of hydrogen-bond acceptors (Lipinski definition) is 0. The fourth-order valence-corrected chi connectivity index (χ4v) is 4.66. The van der Waals surface area contributed by atoms with E-state index in [0.29, 0.717) is 5.92 Å². The Morgan fingerprint density at radius 3 is 1.83 bits per heavy atom. The highest BCUT2D eigenvalue weighted by molar-refractivity contribution is 6.26. The zero-order chi connectivity index (χ0) is 12.3. The standard InChI is InChI=1S/C16H12Cl2/c17-15-12-8-4-3-7-11(12)13-9-5-1-2-6-10(9)14(15)16(13)18/h1-8,13-16H/t13-,14-,15-,16-/m1/s1. The van der Waals surface area contributed by atoms with Crippen molar-refractivity contribution in [1.82, 2.24) is 0 Å². The Morgan fingerprint density at radius 1 is 0.667 bits per heavy atom. The van der Waals surface area contributed by atoms with Crippen molar-refractivity contribution in [2.45, 2.75) is 22.6 Å². The highest BCUT2D eigenvalue weighted by Gasteiger charge is 2.48. The summed E-state index contributed by atoms with van der Waals surface area (Å²) in [5, 5.41) is 0.0726. The Hall–Kier alpha value is -0.980. The van der Waals surface area contributed by atoms with Crippen LogP contribution in [-0.2, 0) is 0 Å². The number of fused-ring (bicyclic) bond motifs is 7. The van der Waals surface area contributed by atoms with Crippen LogP contribution in [0, 0.1) is 0 Å². The summed E-state index contributed by atoms with van der Waals surface area (Å²) in [5.74, 6) is 0.545. The van der Waals surface area contributed by atoms with Gasteiger partial charge >= 0.3 is 0 Å². The molecular formula is C16H12Cl2. The van der Waals surface area contributed by atoms with Crippen LogP contribution in [0.1, 0.15) is 39.5 Å². The Labute approximate surface area is 117 Å². The van der Waals surface area contributed by atoms with Crippen molar-refractivity contribution in [3.63, 3.8) is 0 Å². The third-order valence-electron chi connectivity index (χ3n) is 4.30. The smallest absolute Gasteiger partial charge is 0.0671 e. The van der Waals surface area contributed by atoms with Crippen molar-refractivity contribution in [3.05, 3.63) is 70.8 Å². The number of benzene rings is 2. The van der Waals surface area contributed by atoms with Crippen LogP contribution in [0.15, 0.2) is 48.5 Å². The van der Waals surface area contributed by atoms with E-state index in [-0.39, 0.29) is 16.7 Å². The summed E-state index contributed by atoms with van der Waals surface area (Å²) in [7, 11) is 0. The van der Waals surface area contributed by atoms with Crippen molar-refractivity contribution in [1.29, 1.82) is 0 Å². The third-order valence-corrected chi connectivity index (χ3v) is 5.33. The van der Waals surface area contributed by atoms with Gasteiger partial charge in [0, 0.05) is 11.8 Å². The average molecular weight is 275 g/mol. The first-order chi connectivity index (χ1) is 8.79. The third kappa shape index (κ3) is 1.23. The summed E-state index contributed by atoms with van der Waals surface area (Å²) >= 11 is 13.4. The van der Waals surface area contributed by atoms with Crippen molar-refractivity contribution in [3.8, 4) is 0 Å². The van der Waals surface area contributed by atoms with Crippen LogP contribution in [0.5, 0.6) is 0 Å². The van der Waals surface area contributed by atoms with Gasteiger partial charge in [0.2, 0.25) is 0 Å². The van der Waals surface area contributed by atoms with Gasteiger partial charge in [-0.2, -0.15) is 0 Å². The van der Waals surface area contributed by atoms with Gasteiger partial charge in [0.1, 0.15) is 0 Å². The van der Waals surface area contributed by atoms with Crippen molar-refractivity contribution < 1.29 is 0 Å². The molecule has 0 aliphatic heterocycles. The lowest BCUT2D eigenvalue weighted by Crippen LogP contribution is -2.24. The first-order valence-corrected chi connectivity index (χ1v) is 7.12. The maximum atomic E-state index is 6.68. The Balaban J connectivity index is 2.04.